The summed E-state index contributed by atoms with van der Waals surface area (Å²) < 4.78 is 5.07. The summed E-state index contributed by atoms with van der Waals surface area (Å²) in [6, 6.07) is -0.0302. The topological polar surface area (TPSA) is 55.4 Å². The average Bonchev–Trinajstić information content (AvgIpc) is 2.30. The summed E-state index contributed by atoms with van der Waals surface area (Å²) in [7, 11) is 0. The van der Waals surface area contributed by atoms with Crippen molar-refractivity contribution < 1.29 is 14.3 Å². The smallest absolute Gasteiger partial charge is 0.407 e. The Kier molecular flexibility index (Phi) is 3.13. The van der Waals surface area contributed by atoms with Crippen LogP contribution in [0.2, 0.25) is 0 Å². The first-order valence-electron chi connectivity index (χ1n) is 4.88. The van der Waals surface area contributed by atoms with Crippen LogP contribution in [0.1, 0.15) is 40.0 Å². The number of nitrogens with one attached hydrogen (secondary N) is 1. The van der Waals surface area contributed by atoms with E-state index >= 15 is 0 Å². The summed E-state index contributed by atoms with van der Waals surface area (Å²) >= 11 is 0. The Morgan fingerprint density at radius 3 is 2.57 bits per heavy atom. The molecule has 0 bridgehead atoms. The molecule has 0 aliphatic heterocycles. The van der Waals surface area contributed by atoms with Crippen molar-refractivity contribution in [3.05, 3.63) is 0 Å². The fourth-order valence-corrected chi connectivity index (χ4v) is 1.41. The number of Topliss-reactive ketones (excluding diaryl/α,β-unsaturated/α-hetero) is 1. The van der Waals surface area contributed by atoms with Crippen LogP contribution in [0.4, 0.5) is 4.79 Å². The van der Waals surface area contributed by atoms with Crippen LogP contribution < -0.4 is 5.32 Å². The van der Waals surface area contributed by atoms with Gasteiger partial charge in [0.25, 0.3) is 0 Å². The van der Waals surface area contributed by atoms with Gasteiger partial charge in [-0.25, -0.2) is 4.79 Å². The van der Waals surface area contributed by atoms with E-state index in [4.69, 9.17) is 4.74 Å². The molecule has 0 saturated heterocycles. The predicted octanol–water partition coefficient (Wildman–Crippen LogP) is 1.63. The third kappa shape index (κ3) is 3.77. The quantitative estimate of drug-likeness (QED) is 0.698. The first-order chi connectivity index (χ1) is 6.37. The molecule has 0 unspecified atom stereocenters. The zero-order valence-electron chi connectivity index (χ0n) is 8.92. The first-order valence-corrected chi connectivity index (χ1v) is 4.88. The standard InChI is InChI=1S/C10H17NO3/c1-10(2,3)14-9(13)11-7-4-5-8(12)6-7/h7H,4-6H2,1-3H3,(H,11,13)/t7-/m0/s1. The molecule has 0 aromatic heterocycles. The van der Waals surface area contributed by atoms with Crippen LogP contribution >= 0.6 is 0 Å². The molecular weight excluding hydrogens is 182 g/mol. The van der Waals surface area contributed by atoms with E-state index in [0.29, 0.717) is 12.8 Å². The van der Waals surface area contributed by atoms with Gasteiger partial charge in [0.1, 0.15) is 11.4 Å². The van der Waals surface area contributed by atoms with E-state index in [1.807, 2.05) is 20.8 Å². The maximum atomic E-state index is 11.3. The van der Waals surface area contributed by atoms with E-state index in [2.05, 4.69) is 5.32 Å². The van der Waals surface area contributed by atoms with Crippen LogP contribution in [0.15, 0.2) is 0 Å². The van der Waals surface area contributed by atoms with Gasteiger partial charge < -0.3 is 10.1 Å². The van der Waals surface area contributed by atoms with Crippen LogP contribution in [-0.2, 0) is 9.53 Å². The first kappa shape index (κ1) is 11.0. The lowest BCUT2D eigenvalue weighted by Gasteiger charge is -2.21. The summed E-state index contributed by atoms with van der Waals surface area (Å²) in [4.78, 5) is 22.2. The average molecular weight is 199 g/mol. The Morgan fingerprint density at radius 2 is 2.14 bits per heavy atom. The van der Waals surface area contributed by atoms with Gasteiger partial charge in [-0.3, -0.25) is 4.79 Å². The molecule has 0 heterocycles. The molecule has 1 saturated carbocycles. The lowest BCUT2D eigenvalue weighted by Crippen LogP contribution is -2.37. The second kappa shape index (κ2) is 3.98. The highest BCUT2D eigenvalue weighted by molar-refractivity contribution is 5.82. The highest BCUT2D eigenvalue weighted by Crippen LogP contribution is 2.15. The zero-order chi connectivity index (χ0) is 10.8. The monoisotopic (exact) mass is 199 g/mol. The Bertz CT molecular complexity index is 242. The third-order valence-electron chi connectivity index (χ3n) is 1.97. The maximum Gasteiger partial charge on any atom is 0.407 e. The van der Waals surface area contributed by atoms with Gasteiger partial charge in [-0.05, 0) is 27.2 Å². The summed E-state index contributed by atoms with van der Waals surface area (Å²) in [5.74, 6) is 0.214. The van der Waals surface area contributed by atoms with E-state index in [-0.39, 0.29) is 11.8 Å². The number of hydrogen-bond acceptors (Lipinski definition) is 3. The van der Waals surface area contributed by atoms with Crippen molar-refractivity contribution in [1.82, 2.24) is 5.32 Å². The van der Waals surface area contributed by atoms with E-state index < -0.39 is 11.7 Å². The van der Waals surface area contributed by atoms with Crippen LogP contribution in [-0.4, -0.2) is 23.5 Å². The number of alkyl carbamates (subject to hydrolysis) is 1. The van der Waals surface area contributed by atoms with Crippen LogP contribution in [0, 0.1) is 0 Å². The minimum absolute atomic E-state index is 0.0302. The van der Waals surface area contributed by atoms with Gasteiger partial charge >= 0.3 is 6.09 Å². The lowest BCUT2D eigenvalue weighted by atomic mass is 10.2. The molecule has 0 spiro atoms. The molecule has 0 aromatic carbocycles. The zero-order valence-corrected chi connectivity index (χ0v) is 8.92. The molecular formula is C10H17NO3. The van der Waals surface area contributed by atoms with E-state index in [9.17, 15) is 9.59 Å². The fraction of sp³-hybridized carbons (Fsp3) is 0.800. The molecule has 4 heteroatoms. The predicted molar refractivity (Wildman–Crippen MR) is 52.0 cm³/mol. The second-order valence-corrected chi connectivity index (χ2v) is 4.62. The highest BCUT2D eigenvalue weighted by atomic mass is 16.6. The maximum absolute atomic E-state index is 11.3. The number of ketones is 1. The fourth-order valence-electron chi connectivity index (χ4n) is 1.41. The summed E-state index contributed by atoms with van der Waals surface area (Å²) in [6.45, 7) is 5.44. The molecule has 0 aromatic rings. The van der Waals surface area contributed by atoms with Gasteiger partial charge in [0.05, 0.1) is 0 Å². The van der Waals surface area contributed by atoms with Crippen molar-refractivity contribution in [3.63, 3.8) is 0 Å². The van der Waals surface area contributed by atoms with Gasteiger partial charge in [0.2, 0.25) is 0 Å². The minimum atomic E-state index is -0.479. The number of amides is 1. The van der Waals surface area contributed by atoms with Gasteiger partial charge in [-0.1, -0.05) is 0 Å². The Balaban J connectivity index is 2.31. The van der Waals surface area contributed by atoms with Crippen molar-refractivity contribution in [2.45, 2.75) is 51.7 Å². The molecule has 1 N–H and O–H groups in total. The van der Waals surface area contributed by atoms with E-state index in [1.165, 1.54) is 0 Å². The van der Waals surface area contributed by atoms with Crippen molar-refractivity contribution >= 4 is 11.9 Å². The van der Waals surface area contributed by atoms with E-state index in [0.717, 1.165) is 6.42 Å². The molecule has 1 fully saturated rings. The van der Waals surface area contributed by atoms with Crippen molar-refractivity contribution in [2.24, 2.45) is 0 Å². The SMILES string of the molecule is CC(C)(C)OC(=O)N[C@H]1CCC(=O)C1. The molecule has 80 valence electrons. The molecule has 1 aliphatic carbocycles. The number of carbonyl (C=O) groups excluding carboxylic acids is 2. The summed E-state index contributed by atoms with van der Waals surface area (Å²) in [6.07, 6.45) is 1.31. The van der Waals surface area contributed by atoms with Crippen LogP contribution in [0.3, 0.4) is 0 Å². The van der Waals surface area contributed by atoms with Gasteiger partial charge in [-0.2, -0.15) is 0 Å². The number of ether oxygens (including phenoxy) is 1. The Labute approximate surface area is 84.0 Å². The molecule has 0 radical (unpaired) electrons. The molecule has 1 atom stereocenters. The van der Waals surface area contributed by atoms with E-state index in [1.54, 1.807) is 0 Å². The van der Waals surface area contributed by atoms with Crippen molar-refractivity contribution in [2.75, 3.05) is 0 Å². The van der Waals surface area contributed by atoms with Crippen LogP contribution in [0.25, 0.3) is 0 Å². The third-order valence-corrected chi connectivity index (χ3v) is 1.97. The van der Waals surface area contributed by atoms with Gasteiger partial charge in [0, 0.05) is 18.9 Å². The number of carbonyl (C=O) groups is 2. The number of hydrogen-bond donors (Lipinski definition) is 1. The molecule has 4 nitrogen and oxygen atoms in total. The molecule has 1 rings (SSSR count). The van der Waals surface area contributed by atoms with Crippen molar-refractivity contribution in [3.8, 4) is 0 Å². The van der Waals surface area contributed by atoms with Crippen molar-refractivity contribution in [1.29, 1.82) is 0 Å². The number of rotatable bonds is 1. The Morgan fingerprint density at radius 1 is 1.50 bits per heavy atom. The van der Waals surface area contributed by atoms with Crippen LogP contribution in [0.5, 0.6) is 0 Å². The normalized spacial score (nSPS) is 22.2. The second-order valence-electron chi connectivity index (χ2n) is 4.62. The Hall–Kier alpha value is -1.06. The highest BCUT2D eigenvalue weighted by Gasteiger charge is 2.25. The molecule has 1 aliphatic rings. The summed E-state index contributed by atoms with van der Waals surface area (Å²) in [5.41, 5.74) is -0.479. The molecule has 14 heavy (non-hydrogen) atoms. The summed E-state index contributed by atoms with van der Waals surface area (Å²) in [5, 5.41) is 2.68. The van der Waals surface area contributed by atoms with Gasteiger partial charge in [0.15, 0.2) is 0 Å². The minimum Gasteiger partial charge on any atom is -0.444 e. The molecule has 1 amide bonds. The largest absolute Gasteiger partial charge is 0.444 e. The van der Waals surface area contributed by atoms with Gasteiger partial charge in [-0.15, -0.1) is 0 Å². The lowest BCUT2D eigenvalue weighted by molar-refractivity contribution is -0.117.